The number of hydrogen-bond donors (Lipinski definition) is 0. The minimum absolute atomic E-state index is 0.105. The number of halogens is 2. The van der Waals surface area contributed by atoms with E-state index in [9.17, 15) is 14.9 Å². The van der Waals surface area contributed by atoms with Crippen molar-refractivity contribution in [2.24, 2.45) is 0 Å². The molecule has 0 heterocycles. The van der Waals surface area contributed by atoms with E-state index in [4.69, 9.17) is 4.74 Å². The van der Waals surface area contributed by atoms with Crippen LogP contribution >= 0.6 is 31.9 Å². The summed E-state index contributed by atoms with van der Waals surface area (Å²) >= 11 is 6.46. The van der Waals surface area contributed by atoms with E-state index in [0.29, 0.717) is 11.3 Å². The van der Waals surface area contributed by atoms with Crippen molar-refractivity contribution in [3.8, 4) is 11.5 Å². The maximum atomic E-state index is 11.6. The van der Waals surface area contributed by atoms with Gasteiger partial charge in [-0.15, -0.1) is 0 Å². The Morgan fingerprint density at radius 2 is 1.90 bits per heavy atom. The molecule has 0 N–H and O–H groups in total. The number of nitrogens with zero attached hydrogens (tertiary/aromatic N) is 1. The van der Waals surface area contributed by atoms with E-state index >= 15 is 0 Å². The summed E-state index contributed by atoms with van der Waals surface area (Å²) in [6, 6.07) is 9.47. The van der Waals surface area contributed by atoms with Gasteiger partial charge in [0, 0.05) is 10.5 Å². The molecule has 0 atom stereocenters. The zero-order valence-electron chi connectivity index (χ0n) is 10.8. The Labute approximate surface area is 137 Å². The monoisotopic (exact) mass is 413 g/mol. The first-order valence-corrected chi connectivity index (χ1v) is 7.40. The summed E-state index contributed by atoms with van der Waals surface area (Å²) in [7, 11) is 0. The fourth-order valence-corrected chi connectivity index (χ4v) is 2.54. The molecule has 108 valence electrons. The van der Waals surface area contributed by atoms with Gasteiger partial charge >= 0.3 is 0 Å². The van der Waals surface area contributed by atoms with Crippen LogP contribution in [-0.4, -0.2) is 10.7 Å². The van der Waals surface area contributed by atoms with Crippen LogP contribution in [0.1, 0.15) is 17.3 Å². The fraction of sp³-hybridized carbons (Fsp3) is 0.0714. The number of carbonyl (C=O) groups excluding carboxylic acids is 1. The Morgan fingerprint density at radius 3 is 2.52 bits per heavy atom. The average molecular weight is 415 g/mol. The van der Waals surface area contributed by atoms with Gasteiger partial charge in [-0.05, 0) is 47.1 Å². The molecule has 0 unspecified atom stereocenters. The zero-order chi connectivity index (χ0) is 15.6. The van der Waals surface area contributed by atoms with Gasteiger partial charge in [-0.3, -0.25) is 14.9 Å². The van der Waals surface area contributed by atoms with Crippen LogP contribution in [-0.2, 0) is 0 Å². The van der Waals surface area contributed by atoms with Gasteiger partial charge in [-0.2, -0.15) is 0 Å². The molecule has 0 radical (unpaired) electrons. The first kappa shape index (κ1) is 15.7. The number of nitro benzene ring substituents is 1. The van der Waals surface area contributed by atoms with Gasteiger partial charge in [-0.25, -0.2) is 0 Å². The second-order valence-electron chi connectivity index (χ2n) is 4.15. The van der Waals surface area contributed by atoms with E-state index < -0.39 is 4.92 Å². The van der Waals surface area contributed by atoms with Crippen molar-refractivity contribution in [2.75, 3.05) is 0 Å². The quantitative estimate of drug-likeness (QED) is 0.395. The third-order valence-corrected chi connectivity index (χ3v) is 3.97. The largest absolute Gasteiger partial charge is 0.455 e. The highest BCUT2D eigenvalue weighted by atomic mass is 79.9. The van der Waals surface area contributed by atoms with Gasteiger partial charge in [0.05, 0.1) is 10.5 Å². The number of rotatable bonds is 4. The molecule has 0 spiro atoms. The lowest BCUT2D eigenvalue weighted by Gasteiger charge is -2.11. The molecule has 5 nitrogen and oxygen atoms in total. The highest BCUT2D eigenvalue weighted by Crippen LogP contribution is 2.38. The molecule has 0 fully saturated rings. The summed E-state index contributed by atoms with van der Waals surface area (Å²) in [6.45, 7) is 1.43. The summed E-state index contributed by atoms with van der Waals surface area (Å²) in [6.07, 6.45) is 0. The Hall–Kier alpha value is -1.73. The molecule has 0 saturated heterocycles. The molecule has 21 heavy (non-hydrogen) atoms. The van der Waals surface area contributed by atoms with Crippen LogP contribution in [0.4, 0.5) is 5.69 Å². The Bertz CT molecular complexity index is 731. The van der Waals surface area contributed by atoms with Crippen molar-refractivity contribution in [3.05, 3.63) is 61.0 Å². The van der Waals surface area contributed by atoms with Gasteiger partial charge in [0.2, 0.25) is 0 Å². The Morgan fingerprint density at radius 1 is 1.19 bits per heavy atom. The molecule has 0 amide bonds. The van der Waals surface area contributed by atoms with Crippen LogP contribution in [0.2, 0.25) is 0 Å². The maximum Gasteiger partial charge on any atom is 0.287 e. The Balaban J connectivity index is 2.48. The van der Waals surface area contributed by atoms with E-state index in [2.05, 4.69) is 31.9 Å². The number of carbonyl (C=O) groups is 1. The van der Waals surface area contributed by atoms with Crippen LogP contribution in [0.15, 0.2) is 45.3 Å². The van der Waals surface area contributed by atoms with Crippen LogP contribution in [0.25, 0.3) is 0 Å². The van der Waals surface area contributed by atoms with Crippen LogP contribution in [0.3, 0.4) is 0 Å². The van der Waals surface area contributed by atoms with Crippen molar-refractivity contribution in [1.29, 1.82) is 0 Å². The molecule has 0 bridgehead atoms. The minimum Gasteiger partial charge on any atom is -0.455 e. The molecule has 0 aromatic heterocycles. The van der Waals surface area contributed by atoms with Crippen LogP contribution in [0, 0.1) is 10.1 Å². The van der Waals surface area contributed by atoms with E-state index in [0.717, 1.165) is 4.47 Å². The molecule has 0 saturated carbocycles. The van der Waals surface area contributed by atoms with Gasteiger partial charge in [-0.1, -0.05) is 22.0 Å². The third kappa shape index (κ3) is 3.48. The number of hydrogen-bond acceptors (Lipinski definition) is 4. The highest BCUT2D eigenvalue weighted by molar-refractivity contribution is 9.11. The second kappa shape index (κ2) is 6.36. The maximum absolute atomic E-state index is 11.6. The van der Waals surface area contributed by atoms with E-state index in [-0.39, 0.29) is 21.7 Å². The smallest absolute Gasteiger partial charge is 0.287 e. The van der Waals surface area contributed by atoms with Crippen LogP contribution in [0.5, 0.6) is 11.5 Å². The highest BCUT2D eigenvalue weighted by Gasteiger charge is 2.18. The lowest BCUT2D eigenvalue weighted by molar-refractivity contribution is -0.385. The number of ether oxygens (including phenoxy) is 1. The molecule has 0 aliphatic rings. The summed E-state index contributed by atoms with van der Waals surface area (Å²) in [5, 5.41) is 10.9. The number of Topliss-reactive ketones (excluding diaryl/α,β-unsaturated/α-hetero) is 1. The lowest BCUT2D eigenvalue weighted by Crippen LogP contribution is -1.98. The van der Waals surface area contributed by atoms with E-state index in [1.807, 2.05) is 0 Å². The van der Waals surface area contributed by atoms with Gasteiger partial charge < -0.3 is 4.74 Å². The summed E-state index contributed by atoms with van der Waals surface area (Å²) in [4.78, 5) is 22.0. The van der Waals surface area contributed by atoms with Gasteiger partial charge in [0.15, 0.2) is 5.78 Å². The Kier molecular flexibility index (Phi) is 4.74. The first-order chi connectivity index (χ1) is 9.90. The topological polar surface area (TPSA) is 69.4 Å². The molecule has 0 aliphatic heterocycles. The second-order valence-corrected chi connectivity index (χ2v) is 5.85. The predicted molar refractivity (Wildman–Crippen MR) is 85.0 cm³/mol. The molecular weight excluding hydrogens is 406 g/mol. The zero-order valence-corrected chi connectivity index (χ0v) is 14.0. The van der Waals surface area contributed by atoms with Crippen molar-refractivity contribution < 1.29 is 14.5 Å². The molecule has 7 heteroatoms. The van der Waals surface area contributed by atoms with Crippen molar-refractivity contribution >= 4 is 43.3 Å². The van der Waals surface area contributed by atoms with Crippen LogP contribution < -0.4 is 4.74 Å². The molecular formula is C14H9Br2NO4. The predicted octanol–water partition coefficient (Wildman–Crippen LogP) is 5.11. The van der Waals surface area contributed by atoms with Gasteiger partial charge in [0.25, 0.3) is 5.69 Å². The summed E-state index contributed by atoms with van der Waals surface area (Å²) in [5.74, 6) is 0.446. The minimum atomic E-state index is -0.510. The molecule has 2 aromatic carbocycles. The SMILES string of the molecule is CC(=O)c1ccc(Br)cc1Oc1cccc([N+](=O)[O-])c1Br. The van der Waals surface area contributed by atoms with Crippen molar-refractivity contribution in [1.82, 2.24) is 0 Å². The summed E-state index contributed by atoms with van der Waals surface area (Å²) < 4.78 is 6.64. The lowest BCUT2D eigenvalue weighted by atomic mass is 10.1. The standard InChI is InChI=1S/C14H9Br2NO4/c1-8(18)10-6-5-9(15)7-13(10)21-12-4-2-3-11(14(12)16)17(19)20/h2-7H,1H3. The molecule has 2 rings (SSSR count). The first-order valence-electron chi connectivity index (χ1n) is 5.81. The molecule has 0 aliphatic carbocycles. The average Bonchev–Trinajstić information content (AvgIpc) is 2.40. The molecule has 2 aromatic rings. The van der Waals surface area contributed by atoms with E-state index in [1.165, 1.54) is 19.1 Å². The number of nitro groups is 1. The van der Waals surface area contributed by atoms with Crippen molar-refractivity contribution in [3.63, 3.8) is 0 Å². The number of benzene rings is 2. The third-order valence-electron chi connectivity index (χ3n) is 2.68. The summed E-state index contributed by atoms with van der Waals surface area (Å²) in [5.41, 5.74) is 0.295. The van der Waals surface area contributed by atoms with E-state index in [1.54, 1.807) is 24.3 Å². The van der Waals surface area contributed by atoms with Crippen molar-refractivity contribution in [2.45, 2.75) is 6.92 Å². The number of ketones is 1. The normalized spacial score (nSPS) is 10.2. The van der Waals surface area contributed by atoms with Gasteiger partial charge in [0.1, 0.15) is 16.0 Å². The fourth-order valence-electron chi connectivity index (χ4n) is 1.71.